The van der Waals surface area contributed by atoms with Crippen LogP contribution in [0.15, 0.2) is 30.3 Å². The SMILES string of the molecule is CCC1C(=O)C(CC(C)=O)C[C@@H]1Cc1ccccc1. The van der Waals surface area contributed by atoms with Crippen LogP contribution in [0.1, 0.15) is 38.7 Å². The largest absolute Gasteiger partial charge is 0.300 e. The normalized spacial score (nSPS) is 26.6. The van der Waals surface area contributed by atoms with E-state index in [1.165, 1.54) is 5.56 Å². The standard InChI is InChI=1S/C17H22O2/c1-3-16-14(10-13-7-5-4-6-8-13)11-15(17(16)19)9-12(2)18/h4-8,14-16H,3,9-11H2,1-2H3/t14-,15?,16?/m0/s1. The predicted octanol–water partition coefficient (Wildman–Crippen LogP) is 3.44. The van der Waals surface area contributed by atoms with Crippen molar-refractivity contribution in [3.05, 3.63) is 35.9 Å². The molecule has 1 saturated carbocycles. The van der Waals surface area contributed by atoms with Gasteiger partial charge in [0.2, 0.25) is 0 Å². The number of hydrogen-bond donors (Lipinski definition) is 0. The van der Waals surface area contributed by atoms with Crippen molar-refractivity contribution in [3.63, 3.8) is 0 Å². The minimum atomic E-state index is -0.0313. The van der Waals surface area contributed by atoms with Gasteiger partial charge in [-0.2, -0.15) is 0 Å². The second-order valence-corrected chi connectivity index (χ2v) is 5.71. The molecule has 1 aromatic rings. The molecule has 0 aromatic heterocycles. The van der Waals surface area contributed by atoms with Gasteiger partial charge in [-0.15, -0.1) is 0 Å². The average Bonchev–Trinajstić information content (AvgIpc) is 2.66. The molecule has 1 aliphatic carbocycles. The van der Waals surface area contributed by atoms with Gasteiger partial charge in [-0.3, -0.25) is 4.79 Å². The quantitative estimate of drug-likeness (QED) is 0.810. The lowest BCUT2D eigenvalue weighted by Gasteiger charge is -2.16. The predicted molar refractivity (Wildman–Crippen MR) is 75.8 cm³/mol. The van der Waals surface area contributed by atoms with Crippen LogP contribution in [0.25, 0.3) is 0 Å². The van der Waals surface area contributed by atoms with Crippen LogP contribution in [0.4, 0.5) is 0 Å². The molecule has 3 atom stereocenters. The highest BCUT2D eigenvalue weighted by Crippen LogP contribution is 2.39. The molecule has 2 rings (SSSR count). The second-order valence-electron chi connectivity index (χ2n) is 5.71. The molecule has 0 saturated heterocycles. The van der Waals surface area contributed by atoms with Crippen molar-refractivity contribution in [1.29, 1.82) is 0 Å². The van der Waals surface area contributed by atoms with Gasteiger partial charge >= 0.3 is 0 Å². The van der Waals surface area contributed by atoms with Crippen molar-refractivity contribution < 1.29 is 9.59 Å². The Labute approximate surface area is 115 Å². The molecule has 2 nitrogen and oxygen atoms in total. The van der Waals surface area contributed by atoms with Crippen LogP contribution >= 0.6 is 0 Å². The maximum absolute atomic E-state index is 12.3. The third-order valence-electron chi connectivity index (χ3n) is 4.24. The lowest BCUT2D eigenvalue weighted by molar-refractivity contribution is -0.127. The van der Waals surface area contributed by atoms with E-state index in [0.29, 0.717) is 18.1 Å². The zero-order chi connectivity index (χ0) is 13.8. The minimum absolute atomic E-state index is 0.0313. The Morgan fingerprint density at radius 1 is 1.26 bits per heavy atom. The lowest BCUT2D eigenvalue weighted by atomic mass is 9.88. The molecular weight excluding hydrogens is 236 g/mol. The molecule has 1 fully saturated rings. The lowest BCUT2D eigenvalue weighted by Crippen LogP contribution is -2.18. The molecule has 2 heteroatoms. The van der Waals surface area contributed by atoms with E-state index in [0.717, 1.165) is 19.3 Å². The van der Waals surface area contributed by atoms with Crippen LogP contribution in [-0.2, 0) is 16.0 Å². The Bertz CT molecular complexity index is 450. The van der Waals surface area contributed by atoms with Crippen molar-refractivity contribution >= 4 is 11.6 Å². The molecule has 102 valence electrons. The topological polar surface area (TPSA) is 34.1 Å². The van der Waals surface area contributed by atoms with Gasteiger partial charge in [-0.05, 0) is 37.7 Å². The summed E-state index contributed by atoms with van der Waals surface area (Å²) in [5, 5.41) is 0. The summed E-state index contributed by atoms with van der Waals surface area (Å²) < 4.78 is 0. The number of rotatable bonds is 5. The van der Waals surface area contributed by atoms with E-state index in [1.54, 1.807) is 6.92 Å². The third kappa shape index (κ3) is 3.31. The summed E-state index contributed by atoms with van der Waals surface area (Å²) in [7, 11) is 0. The number of ketones is 2. The summed E-state index contributed by atoms with van der Waals surface area (Å²) in [6, 6.07) is 10.3. The van der Waals surface area contributed by atoms with Gasteiger partial charge in [0, 0.05) is 18.3 Å². The van der Waals surface area contributed by atoms with Gasteiger partial charge in [-0.25, -0.2) is 0 Å². The molecule has 0 aliphatic heterocycles. The van der Waals surface area contributed by atoms with E-state index in [9.17, 15) is 9.59 Å². The highest BCUT2D eigenvalue weighted by atomic mass is 16.1. The Morgan fingerprint density at radius 3 is 2.53 bits per heavy atom. The van der Waals surface area contributed by atoms with Crippen LogP contribution in [0, 0.1) is 17.8 Å². The fourth-order valence-corrected chi connectivity index (χ4v) is 3.39. The summed E-state index contributed by atoms with van der Waals surface area (Å²) in [5.74, 6) is 0.970. The first kappa shape index (κ1) is 14.0. The van der Waals surface area contributed by atoms with Crippen LogP contribution in [0.5, 0.6) is 0 Å². The molecule has 0 radical (unpaired) electrons. The van der Waals surface area contributed by atoms with Crippen LogP contribution < -0.4 is 0 Å². The van der Waals surface area contributed by atoms with Crippen molar-refractivity contribution in [1.82, 2.24) is 0 Å². The molecule has 2 unspecified atom stereocenters. The van der Waals surface area contributed by atoms with Gasteiger partial charge in [0.25, 0.3) is 0 Å². The molecule has 0 spiro atoms. The van der Waals surface area contributed by atoms with Crippen molar-refractivity contribution in [3.8, 4) is 0 Å². The molecule has 0 bridgehead atoms. The summed E-state index contributed by atoms with van der Waals surface area (Å²) in [6.07, 6.45) is 3.16. The number of carbonyl (C=O) groups excluding carboxylic acids is 2. The second kappa shape index (κ2) is 6.14. The molecule has 0 amide bonds. The van der Waals surface area contributed by atoms with E-state index in [2.05, 4.69) is 19.1 Å². The van der Waals surface area contributed by atoms with Crippen LogP contribution in [0.2, 0.25) is 0 Å². The maximum Gasteiger partial charge on any atom is 0.139 e. The average molecular weight is 258 g/mol. The smallest absolute Gasteiger partial charge is 0.139 e. The Balaban J connectivity index is 2.08. The highest BCUT2D eigenvalue weighted by molar-refractivity contribution is 5.90. The fourth-order valence-electron chi connectivity index (χ4n) is 3.39. The van der Waals surface area contributed by atoms with Crippen LogP contribution in [0.3, 0.4) is 0 Å². The van der Waals surface area contributed by atoms with Crippen LogP contribution in [-0.4, -0.2) is 11.6 Å². The molecule has 1 aliphatic rings. The molecular formula is C17H22O2. The summed E-state index contributed by atoms with van der Waals surface area (Å²) in [5.41, 5.74) is 1.29. The van der Waals surface area contributed by atoms with Gasteiger partial charge < -0.3 is 4.79 Å². The molecule has 0 heterocycles. The first-order valence-electron chi connectivity index (χ1n) is 7.19. The Kier molecular flexibility index (Phi) is 4.52. The summed E-state index contributed by atoms with van der Waals surface area (Å²) in [6.45, 7) is 3.66. The Hall–Kier alpha value is -1.44. The third-order valence-corrected chi connectivity index (χ3v) is 4.24. The number of carbonyl (C=O) groups is 2. The van der Waals surface area contributed by atoms with E-state index in [4.69, 9.17) is 0 Å². The summed E-state index contributed by atoms with van der Waals surface area (Å²) in [4.78, 5) is 23.6. The zero-order valence-corrected chi connectivity index (χ0v) is 11.8. The van der Waals surface area contributed by atoms with Gasteiger partial charge in [-0.1, -0.05) is 37.3 Å². The fraction of sp³-hybridized carbons (Fsp3) is 0.529. The number of Topliss-reactive ketones (excluding diaryl/α,β-unsaturated/α-hetero) is 2. The van der Waals surface area contributed by atoms with E-state index in [-0.39, 0.29) is 17.6 Å². The number of benzene rings is 1. The minimum Gasteiger partial charge on any atom is -0.300 e. The van der Waals surface area contributed by atoms with E-state index in [1.807, 2.05) is 18.2 Å². The maximum atomic E-state index is 12.3. The van der Waals surface area contributed by atoms with Gasteiger partial charge in [0.05, 0.1) is 0 Å². The van der Waals surface area contributed by atoms with E-state index >= 15 is 0 Å². The first-order valence-corrected chi connectivity index (χ1v) is 7.19. The van der Waals surface area contributed by atoms with Gasteiger partial charge in [0.1, 0.15) is 11.6 Å². The Morgan fingerprint density at radius 2 is 1.95 bits per heavy atom. The molecule has 0 N–H and O–H groups in total. The van der Waals surface area contributed by atoms with Gasteiger partial charge in [0.15, 0.2) is 0 Å². The van der Waals surface area contributed by atoms with Crippen molar-refractivity contribution in [2.75, 3.05) is 0 Å². The summed E-state index contributed by atoms with van der Waals surface area (Å²) >= 11 is 0. The molecule has 19 heavy (non-hydrogen) atoms. The highest BCUT2D eigenvalue weighted by Gasteiger charge is 2.40. The van der Waals surface area contributed by atoms with Crippen molar-refractivity contribution in [2.24, 2.45) is 17.8 Å². The zero-order valence-electron chi connectivity index (χ0n) is 11.8. The molecule has 1 aromatic carbocycles. The van der Waals surface area contributed by atoms with Crippen molar-refractivity contribution in [2.45, 2.75) is 39.5 Å². The number of hydrogen-bond acceptors (Lipinski definition) is 2. The first-order chi connectivity index (χ1) is 9.11. The van der Waals surface area contributed by atoms with E-state index < -0.39 is 0 Å². The monoisotopic (exact) mass is 258 g/mol.